The smallest absolute Gasteiger partial charge is 0.209 e. The van der Waals surface area contributed by atoms with E-state index in [4.69, 9.17) is 12.2 Å². The van der Waals surface area contributed by atoms with E-state index in [1.165, 1.54) is 0 Å². The first kappa shape index (κ1) is 12.9. The Morgan fingerprint density at radius 1 is 1.33 bits per heavy atom. The molecule has 2 heterocycles. The van der Waals surface area contributed by atoms with Crippen LogP contribution in [0.15, 0.2) is 6.20 Å². The molecule has 6 nitrogen and oxygen atoms in total. The molecule has 0 bridgehead atoms. The minimum absolute atomic E-state index is 0.196. The van der Waals surface area contributed by atoms with Crippen molar-refractivity contribution >= 4 is 12.2 Å². The van der Waals surface area contributed by atoms with E-state index in [0.29, 0.717) is 11.7 Å². The van der Waals surface area contributed by atoms with Crippen LogP contribution < -0.4 is 0 Å². The zero-order valence-electron chi connectivity index (χ0n) is 11.1. The summed E-state index contributed by atoms with van der Waals surface area (Å²) in [5.74, 6) is 1.11. The van der Waals surface area contributed by atoms with Crippen molar-refractivity contribution < 1.29 is 0 Å². The van der Waals surface area contributed by atoms with Crippen molar-refractivity contribution in [3.05, 3.63) is 10.8 Å². The normalized spacial score (nSPS) is 11.7. The average molecular weight is 266 g/mol. The molecule has 0 radical (unpaired) electrons. The maximum absolute atomic E-state index is 5.42. The van der Waals surface area contributed by atoms with Crippen LogP contribution in [-0.2, 0) is 6.54 Å². The second kappa shape index (κ2) is 5.01. The van der Waals surface area contributed by atoms with E-state index in [1.54, 1.807) is 4.80 Å². The van der Waals surface area contributed by atoms with Crippen molar-refractivity contribution in [3.63, 3.8) is 0 Å². The Hall–Kier alpha value is -1.50. The van der Waals surface area contributed by atoms with Gasteiger partial charge in [0.2, 0.25) is 5.82 Å². The van der Waals surface area contributed by atoms with Gasteiger partial charge in [0.1, 0.15) is 4.64 Å². The summed E-state index contributed by atoms with van der Waals surface area (Å²) in [7, 11) is 0. The van der Waals surface area contributed by atoms with Crippen LogP contribution in [0, 0.1) is 10.6 Å². The van der Waals surface area contributed by atoms with Gasteiger partial charge in [0.25, 0.3) is 0 Å². The van der Waals surface area contributed by atoms with Gasteiger partial charge in [-0.05, 0) is 25.0 Å². The quantitative estimate of drug-likeness (QED) is 0.863. The average Bonchev–Trinajstić information content (AvgIpc) is 2.86. The molecule has 2 aromatic heterocycles. The first-order valence-electron chi connectivity index (χ1n) is 6.07. The molecule has 0 saturated carbocycles. The van der Waals surface area contributed by atoms with Gasteiger partial charge in [-0.15, -0.1) is 10.2 Å². The lowest BCUT2D eigenvalue weighted by molar-refractivity contribution is 0.455. The molecular formula is C11H18N6S. The van der Waals surface area contributed by atoms with Crippen molar-refractivity contribution in [1.29, 1.82) is 0 Å². The number of aromatic nitrogens is 6. The van der Waals surface area contributed by atoms with E-state index in [9.17, 15) is 0 Å². The van der Waals surface area contributed by atoms with E-state index in [-0.39, 0.29) is 6.04 Å². The fraction of sp³-hybridized carbons (Fsp3) is 0.636. The van der Waals surface area contributed by atoms with E-state index >= 15 is 0 Å². The maximum Gasteiger partial charge on any atom is 0.209 e. The lowest BCUT2D eigenvalue weighted by atomic mass is 10.2. The second-order valence-corrected chi connectivity index (χ2v) is 5.41. The predicted molar refractivity (Wildman–Crippen MR) is 71.7 cm³/mol. The van der Waals surface area contributed by atoms with Gasteiger partial charge < -0.3 is 5.10 Å². The van der Waals surface area contributed by atoms with E-state index in [2.05, 4.69) is 34.4 Å². The molecule has 0 saturated heterocycles. The molecule has 7 heteroatoms. The minimum Gasteiger partial charge on any atom is -0.304 e. The third-order valence-corrected chi connectivity index (χ3v) is 2.96. The Labute approximate surface area is 111 Å². The number of nitrogens with zero attached hydrogens (tertiary/aromatic N) is 5. The molecule has 1 N–H and O–H groups in total. The van der Waals surface area contributed by atoms with Crippen LogP contribution in [0.25, 0.3) is 11.4 Å². The first-order valence-corrected chi connectivity index (χ1v) is 6.48. The number of tetrazole rings is 1. The summed E-state index contributed by atoms with van der Waals surface area (Å²) in [5, 5.41) is 15.5. The fourth-order valence-corrected chi connectivity index (χ4v) is 1.90. The Morgan fingerprint density at radius 2 is 2.06 bits per heavy atom. The van der Waals surface area contributed by atoms with Crippen molar-refractivity contribution in [2.24, 2.45) is 5.92 Å². The van der Waals surface area contributed by atoms with Crippen molar-refractivity contribution in [2.75, 3.05) is 0 Å². The SMILES string of the molecule is CC(C)Cn1[nH]cc(-c2nnn(C(C)C)n2)c1=S. The molecule has 2 aromatic rings. The number of nitrogens with one attached hydrogen (secondary N) is 1. The van der Waals surface area contributed by atoms with Gasteiger partial charge in [0, 0.05) is 12.7 Å². The zero-order valence-corrected chi connectivity index (χ0v) is 11.9. The molecule has 0 aromatic carbocycles. The Kier molecular flexibility index (Phi) is 3.60. The van der Waals surface area contributed by atoms with Crippen molar-refractivity contribution in [2.45, 2.75) is 40.3 Å². The highest BCUT2D eigenvalue weighted by atomic mass is 32.1. The van der Waals surface area contributed by atoms with Crippen LogP contribution in [0.3, 0.4) is 0 Å². The van der Waals surface area contributed by atoms with Gasteiger partial charge in [-0.3, -0.25) is 4.68 Å². The lowest BCUT2D eigenvalue weighted by Gasteiger charge is -2.04. The fourth-order valence-electron chi connectivity index (χ4n) is 1.62. The van der Waals surface area contributed by atoms with Crippen LogP contribution >= 0.6 is 12.2 Å². The summed E-state index contributed by atoms with van der Waals surface area (Å²) in [6, 6.07) is 0.196. The van der Waals surface area contributed by atoms with Crippen LogP contribution in [0.4, 0.5) is 0 Å². The van der Waals surface area contributed by atoms with Gasteiger partial charge >= 0.3 is 0 Å². The summed E-state index contributed by atoms with van der Waals surface area (Å²) < 4.78 is 2.66. The van der Waals surface area contributed by atoms with Gasteiger partial charge in [-0.2, -0.15) is 4.80 Å². The summed E-state index contributed by atoms with van der Waals surface area (Å²) in [6.07, 6.45) is 1.84. The number of H-pyrrole nitrogens is 1. The largest absolute Gasteiger partial charge is 0.304 e. The Bertz CT molecular complexity index is 576. The van der Waals surface area contributed by atoms with Crippen molar-refractivity contribution in [1.82, 2.24) is 30.0 Å². The highest BCUT2D eigenvalue weighted by molar-refractivity contribution is 7.71. The number of hydrogen-bond donors (Lipinski definition) is 1. The molecule has 0 aliphatic rings. The molecule has 0 fully saturated rings. The van der Waals surface area contributed by atoms with Gasteiger partial charge in [-0.1, -0.05) is 26.1 Å². The highest BCUT2D eigenvalue weighted by Gasteiger charge is 2.12. The van der Waals surface area contributed by atoms with Gasteiger partial charge in [0.05, 0.1) is 11.6 Å². The van der Waals surface area contributed by atoms with Crippen LogP contribution in [-0.4, -0.2) is 30.0 Å². The summed E-state index contributed by atoms with van der Waals surface area (Å²) in [5.41, 5.74) is 0.831. The summed E-state index contributed by atoms with van der Waals surface area (Å²) in [6.45, 7) is 9.18. The van der Waals surface area contributed by atoms with E-state index in [0.717, 1.165) is 16.7 Å². The molecule has 0 aliphatic heterocycles. The number of hydrogen-bond acceptors (Lipinski definition) is 4. The minimum atomic E-state index is 0.196. The standard InChI is InChI=1S/C11H18N6S/c1-7(2)6-16-11(18)9(5-12-16)10-13-15-17(14-10)8(3)4/h5,7-8,12H,6H2,1-4H3. The Morgan fingerprint density at radius 3 is 2.61 bits per heavy atom. The molecule has 2 rings (SSSR count). The molecule has 18 heavy (non-hydrogen) atoms. The molecule has 0 aliphatic carbocycles. The lowest BCUT2D eigenvalue weighted by Crippen LogP contribution is -2.05. The van der Waals surface area contributed by atoms with E-state index in [1.807, 2.05) is 24.7 Å². The van der Waals surface area contributed by atoms with Crippen LogP contribution in [0.2, 0.25) is 0 Å². The number of aromatic amines is 1. The molecule has 0 amide bonds. The van der Waals surface area contributed by atoms with Gasteiger partial charge in [0.15, 0.2) is 0 Å². The third kappa shape index (κ3) is 2.50. The van der Waals surface area contributed by atoms with Crippen molar-refractivity contribution in [3.8, 4) is 11.4 Å². The highest BCUT2D eigenvalue weighted by Crippen LogP contribution is 2.16. The molecule has 0 unspecified atom stereocenters. The van der Waals surface area contributed by atoms with E-state index < -0.39 is 0 Å². The zero-order chi connectivity index (χ0) is 13.3. The summed E-state index contributed by atoms with van der Waals surface area (Å²) >= 11 is 5.42. The molecule has 0 atom stereocenters. The Balaban J connectivity index is 2.33. The van der Waals surface area contributed by atoms with Crippen LogP contribution in [0.5, 0.6) is 0 Å². The second-order valence-electron chi connectivity index (χ2n) is 5.02. The summed E-state index contributed by atoms with van der Waals surface area (Å²) in [4.78, 5) is 1.59. The monoisotopic (exact) mass is 266 g/mol. The van der Waals surface area contributed by atoms with Gasteiger partial charge in [-0.25, -0.2) is 0 Å². The number of rotatable bonds is 4. The molecular weight excluding hydrogens is 248 g/mol. The first-order chi connectivity index (χ1) is 8.49. The predicted octanol–water partition coefficient (Wildman–Crippen LogP) is 2.44. The maximum atomic E-state index is 5.42. The molecule has 0 spiro atoms. The van der Waals surface area contributed by atoms with Crippen LogP contribution in [0.1, 0.15) is 33.7 Å². The third-order valence-electron chi connectivity index (χ3n) is 2.52. The topological polar surface area (TPSA) is 64.3 Å². The molecule has 98 valence electrons.